The third kappa shape index (κ3) is 6.99. The predicted molar refractivity (Wildman–Crippen MR) is 155 cm³/mol. The Morgan fingerprint density at radius 2 is 1.85 bits per heavy atom. The van der Waals surface area contributed by atoms with Gasteiger partial charge >= 0.3 is 5.30 Å². The molecule has 2 aromatic rings. The number of anilines is 4. The van der Waals surface area contributed by atoms with Crippen LogP contribution in [0.15, 0.2) is 30.3 Å². The van der Waals surface area contributed by atoms with Crippen LogP contribution >= 0.6 is 10.7 Å². The highest BCUT2D eigenvalue weighted by Gasteiger charge is 2.35. The Kier molecular flexibility index (Phi) is 8.26. The second kappa shape index (κ2) is 11.7. The van der Waals surface area contributed by atoms with E-state index in [1.54, 1.807) is 16.5 Å². The number of hydrazine groups is 1. The molecule has 5 rings (SSSR count). The first kappa shape index (κ1) is 27.6. The average molecular weight is 578 g/mol. The largest absolute Gasteiger partial charge is 0.473 e. The molecule has 1 saturated heterocycles. The highest BCUT2D eigenvalue weighted by molar-refractivity contribution is 8.25. The Balaban J connectivity index is 1.30. The lowest BCUT2D eigenvalue weighted by Gasteiger charge is -2.32. The lowest BCUT2D eigenvalue weighted by molar-refractivity contribution is 0.203. The van der Waals surface area contributed by atoms with Crippen LogP contribution in [0.3, 0.4) is 0 Å². The van der Waals surface area contributed by atoms with Gasteiger partial charge in [-0.15, -0.1) is 0 Å². The van der Waals surface area contributed by atoms with E-state index < -0.39 is 26.0 Å². The van der Waals surface area contributed by atoms with Crippen molar-refractivity contribution in [3.8, 4) is 0 Å². The summed E-state index contributed by atoms with van der Waals surface area (Å²) >= 11 is 0. The monoisotopic (exact) mass is 577 g/mol. The average Bonchev–Trinajstić information content (AvgIpc) is 3.72. The number of sulfonamides is 1. The maximum atomic E-state index is 12.2. The minimum absolute atomic E-state index is 0.118. The highest BCUT2D eigenvalue weighted by Crippen LogP contribution is 2.31. The van der Waals surface area contributed by atoms with E-state index in [-0.39, 0.29) is 23.7 Å². The molecule has 1 aromatic carbocycles. The molecule has 39 heavy (non-hydrogen) atoms. The summed E-state index contributed by atoms with van der Waals surface area (Å²) in [5.74, 6) is 2.02. The Morgan fingerprint density at radius 3 is 2.49 bits per heavy atom. The number of aromatic nitrogens is 2. The summed E-state index contributed by atoms with van der Waals surface area (Å²) < 4.78 is 28.7. The number of piperidine rings is 1. The number of carbonyl (C=O) groups is 1. The molecular formula is C25H35N7O5S2. The molecule has 1 aliphatic carbocycles. The normalized spacial score (nSPS) is 22.4. The summed E-state index contributed by atoms with van der Waals surface area (Å²) in [6.07, 6.45) is 3.15. The molecule has 14 heteroatoms. The summed E-state index contributed by atoms with van der Waals surface area (Å²) in [6, 6.07) is 9.09. The smallest absolute Gasteiger partial charge is 0.374 e. The number of aliphatic hydroxyl groups excluding tert-OH is 1. The number of nitrogens with zero attached hydrogens (tertiary/aromatic N) is 4. The first-order valence-electron chi connectivity index (χ1n) is 13.1. The van der Waals surface area contributed by atoms with Crippen LogP contribution in [0.4, 0.5) is 28.1 Å². The van der Waals surface area contributed by atoms with E-state index in [1.165, 1.54) is 0 Å². The van der Waals surface area contributed by atoms with E-state index in [0.29, 0.717) is 43.4 Å². The van der Waals surface area contributed by atoms with Crippen LogP contribution in [-0.4, -0.2) is 75.2 Å². The van der Waals surface area contributed by atoms with Gasteiger partial charge in [-0.25, -0.2) is 13.2 Å². The molecule has 0 spiro atoms. The van der Waals surface area contributed by atoms with Crippen molar-refractivity contribution in [1.82, 2.24) is 14.4 Å². The van der Waals surface area contributed by atoms with Gasteiger partial charge in [0.15, 0.2) is 0 Å². The van der Waals surface area contributed by atoms with Crippen molar-refractivity contribution in [2.45, 2.75) is 44.4 Å². The molecule has 2 atom stereocenters. The fraction of sp³-hybridized carbons (Fsp3) is 0.520. The van der Waals surface area contributed by atoms with E-state index in [4.69, 9.17) is 4.98 Å². The summed E-state index contributed by atoms with van der Waals surface area (Å²) in [7, 11) is -4.40. The molecule has 0 amide bonds. The predicted octanol–water partition coefficient (Wildman–Crippen LogP) is 3.14. The van der Waals surface area contributed by atoms with Crippen LogP contribution in [0.2, 0.25) is 0 Å². The Labute approximate surface area is 230 Å². The first-order chi connectivity index (χ1) is 18.7. The molecule has 2 fully saturated rings. The number of aliphatic hydroxyl groups is 1. The second-order valence-corrected chi connectivity index (χ2v) is 14.0. The zero-order valence-electron chi connectivity index (χ0n) is 21.8. The number of hydrogen-bond donors (Lipinski definition) is 5. The summed E-state index contributed by atoms with van der Waals surface area (Å²) in [6.45, 7) is 4.65. The Hall–Kier alpha value is -2.94. The fourth-order valence-electron chi connectivity index (χ4n) is 4.63. The summed E-state index contributed by atoms with van der Waals surface area (Å²) in [4.78, 5) is 23.2. The van der Waals surface area contributed by atoms with E-state index in [2.05, 4.69) is 25.3 Å². The number of nitrogens with one attached hydrogen (secondary N) is 3. The van der Waals surface area contributed by atoms with Crippen molar-refractivity contribution in [1.29, 1.82) is 0 Å². The SMILES string of the molecule is CC1C=S(C(=O)O)N(Nc2nc(NCc3ccc(NS(=O)(=O)C4CC4)cc3)cc(N3CCC(CO)CC3)n2)C1. The standard InChI is InChI=1S/C25H35N7O5S2/c1-17-14-32(38(16-17)25(34)35)29-24-27-22(12-23(28-24)31-10-8-19(15-33)9-11-31)26-13-18-2-4-20(5-3-18)30-39(36,37)21-6-7-21/h2-5,12,16-17,19,21,30,33H,6-11,13-15H2,1H3,(H,34,35)(H2,26,27,28,29). The van der Waals surface area contributed by atoms with Gasteiger partial charge in [0, 0.05) is 55.2 Å². The van der Waals surface area contributed by atoms with E-state index in [0.717, 1.165) is 37.3 Å². The van der Waals surface area contributed by atoms with Crippen LogP contribution in [0.25, 0.3) is 0 Å². The minimum atomic E-state index is -3.31. The van der Waals surface area contributed by atoms with Crippen molar-refractivity contribution in [2.24, 2.45) is 11.8 Å². The molecule has 212 valence electrons. The molecule has 0 bridgehead atoms. The molecule has 1 saturated carbocycles. The van der Waals surface area contributed by atoms with Gasteiger partial charge in [-0.1, -0.05) is 19.1 Å². The number of rotatable bonds is 10. The van der Waals surface area contributed by atoms with E-state index in [9.17, 15) is 23.4 Å². The molecule has 1 aromatic heterocycles. The van der Waals surface area contributed by atoms with Crippen molar-refractivity contribution in [3.63, 3.8) is 0 Å². The third-order valence-electron chi connectivity index (χ3n) is 7.02. The zero-order valence-corrected chi connectivity index (χ0v) is 23.4. The van der Waals surface area contributed by atoms with Gasteiger partial charge in [-0.05, 0) is 60.6 Å². The van der Waals surface area contributed by atoms with Crippen molar-refractivity contribution >= 4 is 54.6 Å². The topological polar surface area (TPSA) is 160 Å². The molecule has 2 aliphatic heterocycles. The van der Waals surface area contributed by atoms with Crippen LogP contribution in [0.1, 0.15) is 38.2 Å². The van der Waals surface area contributed by atoms with Gasteiger partial charge in [0.1, 0.15) is 11.6 Å². The quantitative estimate of drug-likeness (QED) is 0.264. The maximum absolute atomic E-state index is 12.2. The number of carboxylic acid groups (broad SMARTS) is 1. The Morgan fingerprint density at radius 1 is 1.13 bits per heavy atom. The van der Waals surface area contributed by atoms with Crippen molar-refractivity contribution in [2.75, 3.05) is 46.6 Å². The van der Waals surface area contributed by atoms with E-state index >= 15 is 0 Å². The van der Waals surface area contributed by atoms with E-state index in [1.807, 2.05) is 30.5 Å². The van der Waals surface area contributed by atoms with Crippen LogP contribution in [0.5, 0.6) is 0 Å². The zero-order chi connectivity index (χ0) is 27.6. The molecule has 3 aliphatic rings. The molecular weight excluding hydrogens is 542 g/mol. The molecule has 3 heterocycles. The molecule has 12 nitrogen and oxygen atoms in total. The lowest BCUT2D eigenvalue weighted by Crippen LogP contribution is -2.35. The second-order valence-electron chi connectivity index (χ2n) is 10.3. The van der Waals surface area contributed by atoms with Gasteiger partial charge in [0.05, 0.1) is 5.25 Å². The Bertz CT molecular complexity index is 1330. The number of benzene rings is 1. The van der Waals surface area contributed by atoms with Gasteiger partial charge in [0.25, 0.3) is 0 Å². The summed E-state index contributed by atoms with van der Waals surface area (Å²) in [5, 5.41) is 23.1. The van der Waals surface area contributed by atoms with Crippen LogP contribution in [0, 0.1) is 11.8 Å². The van der Waals surface area contributed by atoms with Gasteiger partial charge in [-0.3, -0.25) is 10.1 Å². The lowest BCUT2D eigenvalue weighted by atomic mass is 9.98. The molecule has 5 N–H and O–H groups in total. The van der Waals surface area contributed by atoms with Crippen LogP contribution < -0.4 is 20.4 Å². The fourth-order valence-corrected chi connectivity index (χ4v) is 7.57. The van der Waals surface area contributed by atoms with Crippen molar-refractivity contribution in [3.05, 3.63) is 35.9 Å². The first-order valence-corrected chi connectivity index (χ1v) is 15.9. The number of hydrogen-bond acceptors (Lipinski definition) is 10. The summed E-state index contributed by atoms with van der Waals surface area (Å²) in [5.41, 5.74) is 4.61. The third-order valence-corrected chi connectivity index (χ3v) is 10.7. The maximum Gasteiger partial charge on any atom is 0.374 e. The highest BCUT2D eigenvalue weighted by atomic mass is 32.2. The van der Waals surface area contributed by atoms with Gasteiger partial charge < -0.3 is 20.4 Å². The minimum Gasteiger partial charge on any atom is -0.473 e. The molecule has 0 radical (unpaired) electrons. The van der Waals surface area contributed by atoms with Crippen LogP contribution in [-0.2, 0) is 16.6 Å². The van der Waals surface area contributed by atoms with Crippen molar-refractivity contribution < 1.29 is 23.4 Å². The molecule has 2 unspecified atom stereocenters. The van der Waals surface area contributed by atoms with Gasteiger partial charge in [0.2, 0.25) is 16.0 Å². The van der Waals surface area contributed by atoms with Gasteiger partial charge in [-0.2, -0.15) is 14.4 Å².